The number of aliphatic hydroxyl groups excluding tert-OH is 1. The Morgan fingerprint density at radius 2 is 1.63 bits per heavy atom. The van der Waals surface area contributed by atoms with Gasteiger partial charge < -0.3 is 14.7 Å². The first-order chi connectivity index (χ1) is 17.0. The van der Waals surface area contributed by atoms with E-state index in [1.807, 2.05) is 73.7 Å². The topological polar surface area (TPSA) is 66.8 Å². The van der Waals surface area contributed by atoms with Crippen molar-refractivity contribution in [3.8, 4) is 5.75 Å². The summed E-state index contributed by atoms with van der Waals surface area (Å²) < 4.78 is 5.78. The summed E-state index contributed by atoms with van der Waals surface area (Å²) >= 11 is 0. The number of aliphatic hydroxyl groups is 1. The number of ketones is 1. The maximum Gasteiger partial charge on any atom is 0.295 e. The van der Waals surface area contributed by atoms with Crippen molar-refractivity contribution >= 4 is 17.4 Å². The van der Waals surface area contributed by atoms with Crippen LogP contribution in [0.2, 0.25) is 0 Å². The van der Waals surface area contributed by atoms with Gasteiger partial charge >= 0.3 is 0 Å². The van der Waals surface area contributed by atoms with E-state index in [1.54, 1.807) is 17.0 Å². The number of aryl methyl sites for hydroxylation is 1. The van der Waals surface area contributed by atoms with E-state index in [-0.39, 0.29) is 11.3 Å². The molecule has 3 aromatic rings. The van der Waals surface area contributed by atoms with Gasteiger partial charge in [-0.05, 0) is 43.0 Å². The lowest BCUT2D eigenvalue weighted by atomic mass is 9.95. The Kier molecular flexibility index (Phi) is 7.66. The molecule has 1 unspecified atom stereocenters. The van der Waals surface area contributed by atoms with Crippen LogP contribution in [0.3, 0.4) is 0 Å². The number of hydrogen-bond donors (Lipinski definition) is 1. The predicted octanol–water partition coefficient (Wildman–Crippen LogP) is 5.84. The van der Waals surface area contributed by atoms with Gasteiger partial charge in [0.15, 0.2) is 0 Å². The Balaban J connectivity index is 1.71. The highest BCUT2D eigenvalue weighted by Gasteiger charge is 2.45. The molecule has 1 aliphatic rings. The van der Waals surface area contributed by atoms with Crippen LogP contribution < -0.4 is 4.74 Å². The fraction of sp³-hybridized carbons (Fsp3) is 0.267. The molecule has 0 bridgehead atoms. The molecule has 0 aromatic heterocycles. The number of hydrogen-bond acceptors (Lipinski definition) is 4. The number of likely N-dealkylation sites (tertiary alicyclic amines) is 1. The monoisotopic (exact) mass is 469 g/mol. The van der Waals surface area contributed by atoms with E-state index in [0.29, 0.717) is 25.1 Å². The molecule has 5 heteroatoms. The van der Waals surface area contributed by atoms with E-state index in [9.17, 15) is 14.7 Å². The molecule has 0 aliphatic carbocycles. The van der Waals surface area contributed by atoms with Crippen LogP contribution >= 0.6 is 0 Å². The first kappa shape index (κ1) is 24.3. The molecular formula is C30H31NO4. The fourth-order valence-corrected chi connectivity index (χ4v) is 4.30. The Hall–Kier alpha value is -3.86. The van der Waals surface area contributed by atoms with Crippen LogP contribution in [0.15, 0.2) is 84.4 Å². The number of Topliss-reactive ketones (excluding diaryl/α,β-unsaturated/α-hetero) is 1. The van der Waals surface area contributed by atoms with Crippen LogP contribution in [-0.4, -0.2) is 34.8 Å². The summed E-state index contributed by atoms with van der Waals surface area (Å²) in [5.41, 5.74) is 3.51. The molecule has 5 nitrogen and oxygen atoms in total. The Morgan fingerprint density at radius 3 is 2.29 bits per heavy atom. The van der Waals surface area contributed by atoms with E-state index in [0.717, 1.165) is 35.3 Å². The number of unbranched alkanes of at least 4 members (excludes halogenated alkanes) is 1. The second-order valence-electron chi connectivity index (χ2n) is 8.87. The van der Waals surface area contributed by atoms with Crippen LogP contribution in [0.25, 0.3) is 5.76 Å². The zero-order valence-corrected chi connectivity index (χ0v) is 20.2. The highest BCUT2D eigenvalue weighted by Crippen LogP contribution is 2.40. The third-order valence-corrected chi connectivity index (χ3v) is 6.31. The number of carbonyl (C=O) groups is 2. The third kappa shape index (κ3) is 5.46. The second kappa shape index (κ2) is 11.0. The van der Waals surface area contributed by atoms with Gasteiger partial charge in [-0.15, -0.1) is 0 Å². The molecular weight excluding hydrogens is 438 g/mol. The Labute approximate surface area is 206 Å². The Morgan fingerprint density at radius 1 is 0.943 bits per heavy atom. The van der Waals surface area contributed by atoms with Gasteiger partial charge in [-0.1, -0.05) is 85.6 Å². The normalized spacial score (nSPS) is 17.1. The summed E-state index contributed by atoms with van der Waals surface area (Å²) in [5.74, 6) is -0.673. The van der Waals surface area contributed by atoms with E-state index < -0.39 is 17.7 Å². The fourth-order valence-electron chi connectivity index (χ4n) is 4.30. The average Bonchev–Trinajstić information content (AvgIpc) is 3.13. The zero-order chi connectivity index (χ0) is 24.8. The molecule has 180 valence electrons. The molecule has 1 aliphatic heterocycles. The van der Waals surface area contributed by atoms with Crippen molar-refractivity contribution in [2.75, 3.05) is 13.2 Å². The van der Waals surface area contributed by atoms with Crippen molar-refractivity contribution < 1.29 is 19.4 Å². The first-order valence-electron chi connectivity index (χ1n) is 12.1. The van der Waals surface area contributed by atoms with E-state index >= 15 is 0 Å². The minimum absolute atomic E-state index is 0.117. The summed E-state index contributed by atoms with van der Waals surface area (Å²) in [6, 6.07) is 23.9. The average molecular weight is 470 g/mol. The molecule has 0 radical (unpaired) electrons. The lowest BCUT2D eigenvalue weighted by molar-refractivity contribution is -0.139. The van der Waals surface area contributed by atoms with Crippen molar-refractivity contribution in [2.45, 2.75) is 39.2 Å². The molecule has 1 saturated heterocycles. The quantitative estimate of drug-likeness (QED) is 0.185. The standard InChI is InChI=1S/C30H31NO4/c1-3-4-20-35-25-16-14-23(15-17-25)27-26(28(32)24-12-10-21(2)11-13-24)29(33)30(34)31(27)19-18-22-8-6-5-7-9-22/h5-17,27,32H,3-4,18-20H2,1-2H3/b28-26+. The van der Waals surface area contributed by atoms with Crippen LogP contribution in [0, 0.1) is 6.92 Å². The number of rotatable bonds is 9. The van der Waals surface area contributed by atoms with Crippen molar-refractivity contribution in [3.63, 3.8) is 0 Å². The molecule has 0 spiro atoms. The third-order valence-electron chi connectivity index (χ3n) is 6.31. The van der Waals surface area contributed by atoms with Gasteiger partial charge in [-0.2, -0.15) is 0 Å². The summed E-state index contributed by atoms with van der Waals surface area (Å²) in [5, 5.41) is 11.2. The van der Waals surface area contributed by atoms with Gasteiger partial charge in [-0.25, -0.2) is 0 Å². The maximum absolute atomic E-state index is 13.2. The molecule has 4 rings (SSSR count). The van der Waals surface area contributed by atoms with Gasteiger partial charge in [0, 0.05) is 12.1 Å². The van der Waals surface area contributed by atoms with Crippen molar-refractivity contribution in [1.29, 1.82) is 0 Å². The predicted molar refractivity (Wildman–Crippen MR) is 137 cm³/mol. The lowest BCUT2D eigenvalue weighted by Gasteiger charge is -2.25. The van der Waals surface area contributed by atoms with Crippen LogP contribution in [0.1, 0.15) is 48.1 Å². The summed E-state index contributed by atoms with van der Waals surface area (Å²) in [6.45, 7) is 5.06. The molecule has 35 heavy (non-hydrogen) atoms. The number of benzene rings is 3. The number of nitrogens with zero attached hydrogens (tertiary/aromatic N) is 1. The second-order valence-corrected chi connectivity index (χ2v) is 8.87. The summed E-state index contributed by atoms with van der Waals surface area (Å²) in [7, 11) is 0. The molecule has 1 N–H and O–H groups in total. The highest BCUT2D eigenvalue weighted by molar-refractivity contribution is 6.46. The molecule has 3 aromatic carbocycles. The molecule has 0 saturated carbocycles. The first-order valence-corrected chi connectivity index (χ1v) is 12.1. The van der Waals surface area contributed by atoms with Gasteiger partial charge in [0.25, 0.3) is 11.7 Å². The van der Waals surface area contributed by atoms with Crippen molar-refractivity contribution in [3.05, 3.63) is 107 Å². The van der Waals surface area contributed by atoms with Crippen molar-refractivity contribution in [2.24, 2.45) is 0 Å². The van der Waals surface area contributed by atoms with Crippen LogP contribution in [-0.2, 0) is 16.0 Å². The highest BCUT2D eigenvalue weighted by atomic mass is 16.5. The lowest BCUT2D eigenvalue weighted by Crippen LogP contribution is -2.31. The smallest absolute Gasteiger partial charge is 0.295 e. The van der Waals surface area contributed by atoms with Gasteiger partial charge in [0.2, 0.25) is 0 Å². The SMILES string of the molecule is CCCCOc1ccc(C2/C(=C(\O)c3ccc(C)cc3)C(=O)C(=O)N2CCc2ccccc2)cc1. The van der Waals surface area contributed by atoms with E-state index in [1.165, 1.54) is 0 Å². The minimum Gasteiger partial charge on any atom is -0.507 e. The molecule has 1 amide bonds. The van der Waals surface area contributed by atoms with E-state index in [4.69, 9.17) is 4.74 Å². The van der Waals surface area contributed by atoms with Crippen LogP contribution in [0.5, 0.6) is 5.75 Å². The number of amides is 1. The summed E-state index contributed by atoms with van der Waals surface area (Å²) in [4.78, 5) is 27.9. The van der Waals surface area contributed by atoms with Crippen molar-refractivity contribution in [1.82, 2.24) is 4.90 Å². The maximum atomic E-state index is 13.2. The zero-order valence-electron chi connectivity index (χ0n) is 20.2. The number of carbonyl (C=O) groups excluding carboxylic acids is 2. The van der Waals surface area contributed by atoms with E-state index in [2.05, 4.69) is 6.92 Å². The summed E-state index contributed by atoms with van der Waals surface area (Å²) in [6.07, 6.45) is 2.62. The van der Waals surface area contributed by atoms with Gasteiger partial charge in [0.1, 0.15) is 11.5 Å². The number of ether oxygens (including phenoxy) is 1. The molecule has 1 heterocycles. The minimum atomic E-state index is -0.676. The van der Waals surface area contributed by atoms with Gasteiger partial charge in [-0.3, -0.25) is 9.59 Å². The molecule has 1 atom stereocenters. The Bertz CT molecular complexity index is 1200. The largest absolute Gasteiger partial charge is 0.507 e. The van der Waals surface area contributed by atoms with Crippen LogP contribution in [0.4, 0.5) is 0 Å². The molecule has 1 fully saturated rings. The van der Waals surface area contributed by atoms with Gasteiger partial charge in [0.05, 0.1) is 18.2 Å².